The van der Waals surface area contributed by atoms with Gasteiger partial charge in [-0.2, -0.15) is 0 Å². The van der Waals surface area contributed by atoms with Crippen LogP contribution in [0.4, 0.5) is 11.4 Å². The lowest BCUT2D eigenvalue weighted by molar-refractivity contribution is -0.122. The van der Waals surface area contributed by atoms with Crippen LogP contribution in [0.15, 0.2) is 18.2 Å². The molecule has 1 rings (SSSR count). The molecule has 0 saturated carbocycles. The van der Waals surface area contributed by atoms with E-state index in [0.29, 0.717) is 17.9 Å². The van der Waals surface area contributed by atoms with Crippen LogP contribution in [0.2, 0.25) is 0 Å². The number of nitrogens with two attached hydrogens (primary N) is 1. The second-order valence-corrected chi connectivity index (χ2v) is 5.01. The van der Waals surface area contributed by atoms with E-state index in [1.165, 1.54) is 6.07 Å². The van der Waals surface area contributed by atoms with Crippen LogP contribution in [0.1, 0.15) is 37.0 Å². The van der Waals surface area contributed by atoms with Gasteiger partial charge in [0.1, 0.15) is 6.04 Å². The van der Waals surface area contributed by atoms with Crippen LogP contribution in [-0.2, 0) is 4.79 Å². The van der Waals surface area contributed by atoms with Crippen molar-refractivity contribution in [3.05, 3.63) is 23.8 Å². The third-order valence-electron chi connectivity index (χ3n) is 3.42. The van der Waals surface area contributed by atoms with Gasteiger partial charge < -0.3 is 21.1 Å². The zero-order valence-electron chi connectivity index (χ0n) is 12.7. The second kappa shape index (κ2) is 7.52. The minimum absolute atomic E-state index is 0.0886. The molecule has 1 unspecified atom stereocenters. The molecule has 0 aliphatic carbocycles. The second-order valence-electron chi connectivity index (χ2n) is 5.01. The van der Waals surface area contributed by atoms with Crippen molar-refractivity contribution in [2.75, 3.05) is 24.2 Å². The Morgan fingerprint density at radius 3 is 2.67 bits per heavy atom. The number of hydrogen-bond acceptors (Lipinski definition) is 4. The van der Waals surface area contributed by atoms with Gasteiger partial charge in [-0.3, -0.25) is 4.79 Å². The van der Waals surface area contributed by atoms with Crippen molar-refractivity contribution in [3.8, 4) is 0 Å². The van der Waals surface area contributed by atoms with Crippen molar-refractivity contribution in [2.24, 2.45) is 0 Å². The quantitative estimate of drug-likeness (QED) is 0.525. The fourth-order valence-electron chi connectivity index (χ4n) is 1.95. The molecule has 6 nitrogen and oxygen atoms in total. The number of hydrogen-bond donors (Lipinski definition) is 3. The van der Waals surface area contributed by atoms with Gasteiger partial charge in [0, 0.05) is 19.3 Å². The summed E-state index contributed by atoms with van der Waals surface area (Å²) in [6.07, 6.45) is 1.93. The first-order valence-corrected chi connectivity index (χ1v) is 7.01. The van der Waals surface area contributed by atoms with Crippen LogP contribution in [0, 0.1) is 0 Å². The molecule has 1 amide bonds. The van der Waals surface area contributed by atoms with Crippen molar-refractivity contribution < 1.29 is 14.7 Å². The van der Waals surface area contributed by atoms with E-state index < -0.39 is 12.0 Å². The lowest BCUT2D eigenvalue weighted by atomic mass is 10.1. The number of likely N-dealkylation sites (N-methyl/N-ethyl adjacent to an activating group) is 1. The van der Waals surface area contributed by atoms with Gasteiger partial charge in [0.2, 0.25) is 5.91 Å². The van der Waals surface area contributed by atoms with Gasteiger partial charge in [0.15, 0.2) is 0 Å². The molecule has 0 aliphatic rings. The summed E-state index contributed by atoms with van der Waals surface area (Å²) in [5, 5.41) is 12.1. The molecule has 21 heavy (non-hydrogen) atoms. The molecule has 0 spiro atoms. The summed E-state index contributed by atoms with van der Waals surface area (Å²) >= 11 is 0. The van der Waals surface area contributed by atoms with Crippen molar-refractivity contribution in [3.63, 3.8) is 0 Å². The summed E-state index contributed by atoms with van der Waals surface area (Å²) in [6.45, 7) is 4.42. The summed E-state index contributed by atoms with van der Waals surface area (Å²) in [6, 6.07) is 4.17. The largest absolute Gasteiger partial charge is 0.478 e. The Kier molecular flexibility index (Phi) is 6.02. The highest BCUT2D eigenvalue weighted by molar-refractivity contribution is 5.97. The number of carboxylic acids is 1. The molecule has 0 aliphatic heterocycles. The Morgan fingerprint density at radius 1 is 1.43 bits per heavy atom. The molecule has 0 heterocycles. The smallest absolute Gasteiger partial charge is 0.337 e. The molecule has 1 aromatic rings. The summed E-state index contributed by atoms with van der Waals surface area (Å²) in [7, 11) is 1.70. The van der Waals surface area contributed by atoms with Crippen molar-refractivity contribution >= 4 is 23.3 Å². The Balaban J connectivity index is 2.89. The zero-order valence-corrected chi connectivity index (χ0v) is 12.7. The number of nitrogen functional groups attached to an aromatic ring is 1. The summed E-state index contributed by atoms with van der Waals surface area (Å²) in [5.41, 5.74) is 6.56. The Labute approximate surface area is 124 Å². The molecule has 1 atom stereocenters. The molecule has 0 bridgehead atoms. The molecule has 116 valence electrons. The lowest BCUT2D eigenvalue weighted by Crippen LogP contribution is -2.44. The topological polar surface area (TPSA) is 95.7 Å². The average Bonchev–Trinajstić information content (AvgIpc) is 2.45. The number of carboxylic acid groups (broad SMARTS) is 1. The van der Waals surface area contributed by atoms with E-state index in [1.807, 2.05) is 0 Å². The SMILES string of the molecule is CCCCNC(=O)C(C)N(C)c1ccc(N)cc1C(=O)O. The average molecular weight is 293 g/mol. The van der Waals surface area contributed by atoms with Crippen LogP contribution in [0.25, 0.3) is 0 Å². The van der Waals surface area contributed by atoms with Crippen molar-refractivity contribution in [1.82, 2.24) is 5.32 Å². The van der Waals surface area contributed by atoms with Gasteiger partial charge in [0.25, 0.3) is 0 Å². The molecule has 6 heteroatoms. The predicted molar refractivity (Wildman–Crippen MR) is 83.6 cm³/mol. The lowest BCUT2D eigenvalue weighted by Gasteiger charge is -2.27. The van der Waals surface area contributed by atoms with Gasteiger partial charge in [0.05, 0.1) is 11.3 Å². The highest BCUT2D eigenvalue weighted by Crippen LogP contribution is 2.24. The van der Waals surface area contributed by atoms with Crippen molar-refractivity contribution in [1.29, 1.82) is 0 Å². The number of anilines is 2. The number of unbranched alkanes of at least 4 members (excludes halogenated alkanes) is 1. The molecule has 0 radical (unpaired) electrons. The van der Waals surface area contributed by atoms with E-state index in [9.17, 15) is 14.7 Å². The highest BCUT2D eigenvalue weighted by atomic mass is 16.4. The first kappa shape index (κ1) is 16.8. The summed E-state index contributed by atoms with van der Waals surface area (Å²) in [4.78, 5) is 25.0. The summed E-state index contributed by atoms with van der Waals surface area (Å²) in [5.74, 6) is -1.19. The number of benzene rings is 1. The van der Waals surface area contributed by atoms with E-state index in [0.717, 1.165) is 12.8 Å². The molecular formula is C15H23N3O3. The van der Waals surface area contributed by atoms with E-state index in [2.05, 4.69) is 12.2 Å². The van der Waals surface area contributed by atoms with E-state index in [1.54, 1.807) is 31.0 Å². The first-order chi connectivity index (χ1) is 9.88. The normalized spacial score (nSPS) is 11.8. The third kappa shape index (κ3) is 4.37. The number of carbonyl (C=O) groups is 2. The Bertz CT molecular complexity index is 517. The minimum Gasteiger partial charge on any atom is -0.478 e. The molecule has 4 N–H and O–H groups in total. The Hall–Kier alpha value is -2.24. The Morgan fingerprint density at radius 2 is 2.10 bits per heavy atom. The number of nitrogens with zero attached hydrogens (tertiary/aromatic N) is 1. The zero-order chi connectivity index (χ0) is 16.0. The molecule has 0 saturated heterocycles. The number of aromatic carboxylic acids is 1. The van der Waals surface area contributed by atoms with E-state index in [4.69, 9.17) is 5.73 Å². The fourth-order valence-corrected chi connectivity index (χ4v) is 1.95. The monoisotopic (exact) mass is 293 g/mol. The maximum atomic E-state index is 12.1. The fraction of sp³-hybridized carbons (Fsp3) is 0.467. The third-order valence-corrected chi connectivity index (χ3v) is 3.42. The van der Waals surface area contributed by atoms with Crippen LogP contribution in [0.3, 0.4) is 0 Å². The van der Waals surface area contributed by atoms with Crippen LogP contribution < -0.4 is 16.0 Å². The van der Waals surface area contributed by atoms with E-state index >= 15 is 0 Å². The number of carbonyl (C=O) groups excluding carboxylic acids is 1. The van der Waals surface area contributed by atoms with Gasteiger partial charge in [-0.15, -0.1) is 0 Å². The summed E-state index contributed by atoms with van der Waals surface area (Å²) < 4.78 is 0. The maximum absolute atomic E-state index is 12.1. The number of amides is 1. The van der Waals surface area contributed by atoms with Crippen LogP contribution in [0.5, 0.6) is 0 Å². The number of nitrogens with one attached hydrogen (secondary N) is 1. The minimum atomic E-state index is -1.07. The first-order valence-electron chi connectivity index (χ1n) is 7.01. The van der Waals surface area contributed by atoms with Gasteiger partial charge in [-0.25, -0.2) is 4.79 Å². The van der Waals surface area contributed by atoms with Gasteiger partial charge >= 0.3 is 5.97 Å². The highest BCUT2D eigenvalue weighted by Gasteiger charge is 2.22. The molecular weight excluding hydrogens is 270 g/mol. The maximum Gasteiger partial charge on any atom is 0.337 e. The van der Waals surface area contributed by atoms with Gasteiger partial charge in [-0.1, -0.05) is 13.3 Å². The molecule has 0 fully saturated rings. The van der Waals surface area contributed by atoms with Crippen molar-refractivity contribution in [2.45, 2.75) is 32.7 Å². The predicted octanol–water partition coefficient (Wildman–Crippen LogP) is 1.71. The van der Waals surface area contributed by atoms with Crippen LogP contribution >= 0.6 is 0 Å². The number of rotatable bonds is 7. The van der Waals surface area contributed by atoms with Gasteiger partial charge in [-0.05, 0) is 31.5 Å². The molecule has 0 aromatic heterocycles. The standard InChI is InChI=1S/C15H23N3O3/c1-4-5-8-17-14(19)10(2)18(3)13-7-6-11(16)9-12(13)15(20)21/h6-7,9-10H,4-5,8,16H2,1-3H3,(H,17,19)(H,20,21). The van der Waals surface area contributed by atoms with Crippen LogP contribution in [-0.4, -0.2) is 36.6 Å². The van der Waals surface area contributed by atoms with E-state index in [-0.39, 0.29) is 11.5 Å². The molecule has 1 aromatic carbocycles.